The Labute approximate surface area is 107 Å². The minimum atomic E-state index is -0.285. The van der Waals surface area contributed by atoms with E-state index in [1.165, 1.54) is 24.6 Å². The highest BCUT2D eigenvalue weighted by Gasteiger charge is 2.35. The summed E-state index contributed by atoms with van der Waals surface area (Å²) in [6, 6.07) is 4.00. The highest BCUT2D eigenvalue weighted by molar-refractivity contribution is 5.97. The smallest absolute Gasteiger partial charge is 0.255 e. The van der Waals surface area contributed by atoms with E-state index < -0.39 is 0 Å². The Bertz CT molecular complexity index is 447. The Morgan fingerprint density at radius 3 is 2.61 bits per heavy atom. The molecule has 1 aromatic carbocycles. The van der Waals surface area contributed by atoms with Crippen molar-refractivity contribution in [1.29, 1.82) is 0 Å². The van der Waals surface area contributed by atoms with Crippen LogP contribution in [0.15, 0.2) is 18.2 Å². The van der Waals surface area contributed by atoms with Crippen LogP contribution in [-0.4, -0.2) is 22.7 Å². The van der Waals surface area contributed by atoms with Crippen molar-refractivity contribution in [2.75, 3.05) is 6.54 Å². The number of nitrogens with one attached hydrogen (secondary N) is 1. The zero-order valence-electron chi connectivity index (χ0n) is 10.6. The van der Waals surface area contributed by atoms with E-state index in [9.17, 15) is 15.0 Å². The number of hydrogen-bond acceptors (Lipinski definition) is 3. The lowest BCUT2D eigenvalue weighted by atomic mass is 9.67. The SMILES string of the molecule is CCC1(CNC(=O)c2ccc(O)cc2O)CCC1. The molecule has 0 heterocycles. The first-order valence-electron chi connectivity index (χ1n) is 6.36. The summed E-state index contributed by atoms with van der Waals surface area (Å²) >= 11 is 0. The van der Waals surface area contributed by atoms with E-state index in [1.54, 1.807) is 0 Å². The van der Waals surface area contributed by atoms with Gasteiger partial charge in [-0.3, -0.25) is 4.79 Å². The molecular formula is C14H19NO3. The van der Waals surface area contributed by atoms with Crippen molar-refractivity contribution in [3.63, 3.8) is 0 Å². The average molecular weight is 249 g/mol. The van der Waals surface area contributed by atoms with Gasteiger partial charge >= 0.3 is 0 Å². The van der Waals surface area contributed by atoms with Gasteiger partial charge in [0.15, 0.2) is 0 Å². The third kappa shape index (κ3) is 2.42. The van der Waals surface area contributed by atoms with Crippen LogP contribution in [-0.2, 0) is 0 Å². The third-order valence-corrected chi connectivity index (χ3v) is 4.01. The number of carbonyl (C=O) groups is 1. The lowest BCUT2D eigenvalue weighted by Crippen LogP contribution is -2.41. The maximum absolute atomic E-state index is 11.9. The molecule has 1 aromatic rings. The van der Waals surface area contributed by atoms with Crippen molar-refractivity contribution >= 4 is 5.91 Å². The van der Waals surface area contributed by atoms with E-state index >= 15 is 0 Å². The zero-order valence-corrected chi connectivity index (χ0v) is 10.6. The van der Waals surface area contributed by atoms with Crippen LogP contribution in [0.5, 0.6) is 11.5 Å². The molecule has 4 heteroatoms. The minimum Gasteiger partial charge on any atom is -0.508 e. The van der Waals surface area contributed by atoms with Crippen molar-refractivity contribution in [3.8, 4) is 11.5 Å². The molecule has 1 aliphatic carbocycles. The summed E-state index contributed by atoms with van der Waals surface area (Å²) in [5.74, 6) is -0.521. The summed E-state index contributed by atoms with van der Waals surface area (Å²) < 4.78 is 0. The van der Waals surface area contributed by atoms with Gasteiger partial charge in [-0.15, -0.1) is 0 Å². The fourth-order valence-corrected chi connectivity index (χ4v) is 2.41. The molecule has 0 aromatic heterocycles. The summed E-state index contributed by atoms with van der Waals surface area (Å²) in [6.45, 7) is 2.80. The maximum atomic E-state index is 11.9. The van der Waals surface area contributed by atoms with Crippen LogP contribution in [0.3, 0.4) is 0 Å². The normalized spacial score (nSPS) is 16.9. The fraction of sp³-hybridized carbons (Fsp3) is 0.500. The minimum absolute atomic E-state index is 0.0481. The van der Waals surface area contributed by atoms with Crippen LogP contribution in [0.4, 0.5) is 0 Å². The van der Waals surface area contributed by atoms with Crippen LogP contribution in [0.2, 0.25) is 0 Å². The predicted octanol–water partition coefficient (Wildman–Crippen LogP) is 2.41. The Kier molecular flexibility index (Phi) is 3.45. The van der Waals surface area contributed by atoms with Gasteiger partial charge in [0.1, 0.15) is 11.5 Å². The summed E-state index contributed by atoms with van der Waals surface area (Å²) in [6.07, 6.45) is 4.61. The van der Waals surface area contributed by atoms with Crippen LogP contribution >= 0.6 is 0 Å². The van der Waals surface area contributed by atoms with Crippen LogP contribution in [0.1, 0.15) is 43.0 Å². The van der Waals surface area contributed by atoms with Gasteiger partial charge < -0.3 is 15.5 Å². The van der Waals surface area contributed by atoms with Crippen LogP contribution in [0.25, 0.3) is 0 Å². The topological polar surface area (TPSA) is 69.6 Å². The molecule has 0 atom stereocenters. The first-order chi connectivity index (χ1) is 8.56. The van der Waals surface area contributed by atoms with Crippen LogP contribution in [0, 0.1) is 5.41 Å². The summed E-state index contributed by atoms with van der Waals surface area (Å²) in [5, 5.41) is 21.6. The predicted molar refractivity (Wildman–Crippen MR) is 68.7 cm³/mol. The second kappa shape index (κ2) is 4.88. The highest BCUT2D eigenvalue weighted by atomic mass is 16.3. The molecule has 1 fully saturated rings. The monoisotopic (exact) mass is 249 g/mol. The first-order valence-corrected chi connectivity index (χ1v) is 6.36. The summed E-state index contributed by atoms with van der Waals surface area (Å²) in [7, 11) is 0. The molecule has 0 bridgehead atoms. The summed E-state index contributed by atoms with van der Waals surface area (Å²) in [4.78, 5) is 11.9. The number of rotatable bonds is 4. The van der Waals surface area contributed by atoms with E-state index in [2.05, 4.69) is 12.2 Å². The van der Waals surface area contributed by atoms with Gasteiger partial charge in [0.05, 0.1) is 5.56 Å². The molecule has 1 saturated carbocycles. The lowest BCUT2D eigenvalue weighted by molar-refractivity contribution is 0.0847. The third-order valence-electron chi connectivity index (χ3n) is 4.01. The molecule has 1 aliphatic rings. The van der Waals surface area contributed by atoms with Gasteiger partial charge in [0, 0.05) is 12.6 Å². The standard InChI is InChI=1S/C14H19NO3/c1-2-14(6-3-7-14)9-15-13(18)11-5-4-10(16)8-12(11)17/h4-5,8,16-17H,2-3,6-7,9H2,1H3,(H,15,18). The Morgan fingerprint density at radius 1 is 1.39 bits per heavy atom. The quantitative estimate of drug-likeness (QED) is 0.767. The number of phenolic OH excluding ortho intramolecular Hbond substituents is 2. The average Bonchev–Trinajstić information content (AvgIpc) is 2.27. The number of hydrogen-bond donors (Lipinski definition) is 3. The Balaban J connectivity index is 1.99. The molecule has 0 aliphatic heterocycles. The maximum Gasteiger partial charge on any atom is 0.255 e. The molecule has 18 heavy (non-hydrogen) atoms. The second-order valence-corrected chi connectivity index (χ2v) is 5.09. The van der Waals surface area contributed by atoms with Gasteiger partial charge in [0.2, 0.25) is 0 Å². The van der Waals surface area contributed by atoms with Crippen molar-refractivity contribution in [2.24, 2.45) is 5.41 Å². The number of amides is 1. The molecule has 98 valence electrons. The Hall–Kier alpha value is -1.71. The van der Waals surface area contributed by atoms with E-state index in [1.807, 2.05) is 0 Å². The van der Waals surface area contributed by atoms with Gasteiger partial charge in [-0.2, -0.15) is 0 Å². The van der Waals surface area contributed by atoms with E-state index in [-0.39, 0.29) is 28.4 Å². The van der Waals surface area contributed by atoms with E-state index in [4.69, 9.17) is 0 Å². The van der Waals surface area contributed by atoms with Gasteiger partial charge in [-0.1, -0.05) is 13.3 Å². The number of carbonyl (C=O) groups excluding carboxylic acids is 1. The fourth-order valence-electron chi connectivity index (χ4n) is 2.41. The highest BCUT2D eigenvalue weighted by Crippen LogP contribution is 2.43. The van der Waals surface area contributed by atoms with Crippen molar-refractivity contribution < 1.29 is 15.0 Å². The molecule has 2 rings (SSSR count). The van der Waals surface area contributed by atoms with E-state index in [0.29, 0.717) is 6.54 Å². The summed E-state index contributed by atoms with van der Waals surface area (Å²) in [5.41, 5.74) is 0.459. The largest absolute Gasteiger partial charge is 0.508 e. The molecular weight excluding hydrogens is 230 g/mol. The van der Waals surface area contributed by atoms with E-state index in [0.717, 1.165) is 19.3 Å². The molecule has 0 radical (unpaired) electrons. The number of benzene rings is 1. The molecule has 4 nitrogen and oxygen atoms in total. The zero-order chi connectivity index (χ0) is 13.2. The molecule has 1 amide bonds. The van der Waals surface area contributed by atoms with Crippen molar-refractivity contribution in [2.45, 2.75) is 32.6 Å². The molecule has 3 N–H and O–H groups in total. The molecule has 0 saturated heterocycles. The van der Waals surface area contributed by atoms with Crippen molar-refractivity contribution in [1.82, 2.24) is 5.32 Å². The number of phenols is 2. The van der Waals surface area contributed by atoms with Gasteiger partial charge in [-0.05, 0) is 36.8 Å². The second-order valence-electron chi connectivity index (χ2n) is 5.09. The van der Waals surface area contributed by atoms with Crippen molar-refractivity contribution in [3.05, 3.63) is 23.8 Å². The molecule has 0 spiro atoms. The van der Waals surface area contributed by atoms with Gasteiger partial charge in [-0.25, -0.2) is 0 Å². The van der Waals surface area contributed by atoms with Gasteiger partial charge in [0.25, 0.3) is 5.91 Å². The number of aromatic hydroxyl groups is 2. The lowest BCUT2D eigenvalue weighted by Gasteiger charge is -2.41. The van der Waals surface area contributed by atoms with Crippen LogP contribution < -0.4 is 5.32 Å². The molecule has 0 unspecified atom stereocenters. The first kappa shape index (κ1) is 12.7. The Morgan fingerprint density at radius 2 is 2.11 bits per heavy atom.